The molecule has 0 saturated carbocycles. The van der Waals surface area contributed by atoms with Gasteiger partial charge in [0.25, 0.3) is 0 Å². The molecular weight excluding hydrogens is 264 g/mol. The summed E-state index contributed by atoms with van der Waals surface area (Å²) in [6.07, 6.45) is 3.95. The second kappa shape index (κ2) is 5.44. The summed E-state index contributed by atoms with van der Waals surface area (Å²) in [5.74, 6) is 0.985. The van der Waals surface area contributed by atoms with Gasteiger partial charge >= 0.3 is 0 Å². The molecule has 1 aliphatic heterocycles. The van der Waals surface area contributed by atoms with Gasteiger partial charge in [-0.05, 0) is 43.9 Å². The maximum Gasteiger partial charge on any atom is 0.154 e. The molecule has 2 N–H and O–H groups in total. The van der Waals surface area contributed by atoms with Crippen LogP contribution in [0, 0.1) is 13.8 Å². The Bertz CT molecular complexity index is 640. The van der Waals surface area contributed by atoms with Gasteiger partial charge in [0.05, 0.1) is 0 Å². The van der Waals surface area contributed by atoms with Gasteiger partial charge in [0.15, 0.2) is 5.82 Å². The number of aryl methyl sites for hydroxylation is 1. The van der Waals surface area contributed by atoms with Crippen LogP contribution >= 0.6 is 0 Å². The lowest BCUT2D eigenvalue weighted by Gasteiger charge is -2.32. The number of piperidine rings is 1. The van der Waals surface area contributed by atoms with Gasteiger partial charge in [0.2, 0.25) is 0 Å². The molecule has 6 nitrogen and oxygen atoms in total. The van der Waals surface area contributed by atoms with Crippen molar-refractivity contribution in [1.82, 2.24) is 20.0 Å². The molecule has 6 heteroatoms. The molecule has 21 heavy (non-hydrogen) atoms. The first-order chi connectivity index (χ1) is 10.1. The standard InChI is InChI=1S/C15H22N6/c1-10-11(2)15(21-8-4-12(16)5-9-21)18-17-14(10)13-6-7-20(3)19-13/h6-7,12H,4-5,8-9,16H2,1-3H3. The smallest absolute Gasteiger partial charge is 0.154 e. The third kappa shape index (κ3) is 2.63. The van der Waals surface area contributed by atoms with Crippen molar-refractivity contribution in [2.45, 2.75) is 32.7 Å². The van der Waals surface area contributed by atoms with Crippen molar-refractivity contribution in [3.8, 4) is 11.4 Å². The lowest BCUT2D eigenvalue weighted by Crippen LogP contribution is -2.40. The van der Waals surface area contributed by atoms with E-state index in [2.05, 4.69) is 34.0 Å². The third-order valence-electron chi connectivity index (χ3n) is 4.29. The second-order valence-corrected chi connectivity index (χ2v) is 5.82. The van der Waals surface area contributed by atoms with Gasteiger partial charge in [-0.3, -0.25) is 4.68 Å². The van der Waals surface area contributed by atoms with Crippen LogP contribution in [-0.4, -0.2) is 39.1 Å². The van der Waals surface area contributed by atoms with Crippen LogP contribution in [0.3, 0.4) is 0 Å². The molecule has 0 unspecified atom stereocenters. The maximum absolute atomic E-state index is 5.97. The summed E-state index contributed by atoms with van der Waals surface area (Å²) < 4.78 is 1.78. The van der Waals surface area contributed by atoms with E-state index in [0.717, 1.165) is 48.7 Å². The van der Waals surface area contributed by atoms with Crippen LogP contribution in [0.5, 0.6) is 0 Å². The van der Waals surface area contributed by atoms with E-state index >= 15 is 0 Å². The summed E-state index contributed by atoms with van der Waals surface area (Å²) in [6, 6.07) is 2.29. The molecule has 0 spiro atoms. The van der Waals surface area contributed by atoms with Crippen molar-refractivity contribution < 1.29 is 0 Å². The molecule has 0 aliphatic carbocycles. The van der Waals surface area contributed by atoms with Crippen molar-refractivity contribution in [2.24, 2.45) is 12.8 Å². The highest BCUT2D eigenvalue weighted by molar-refractivity contribution is 5.63. The maximum atomic E-state index is 5.97. The third-order valence-corrected chi connectivity index (χ3v) is 4.29. The molecule has 2 aromatic rings. The van der Waals surface area contributed by atoms with Gasteiger partial charge in [0, 0.05) is 32.4 Å². The summed E-state index contributed by atoms with van der Waals surface area (Å²) >= 11 is 0. The Morgan fingerprint density at radius 1 is 1.14 bits per heavy atom. The zero-order chi connectivity index (χ0) is 15.0. The van der Waals surface area contributed by atoms with Crippen LogP contribution in [0.25, 0.3) is 11.4 Å². The molecule has 1 fully saturated rings. The van der Waals surface area contributed by atoms with Crippen molar-refractivity contribution in [2.75, 3.05) is 18.0 Å². The SMILES string of the molecule is Cc1c(-c2ccn(C)n2)nnc(N2CCC(N)CC2)c1C. The highest BCUT2D eigenvalue weighted by Crippen LogP contribution is 2.28. The molecule has 1 saturated heterocycles. The molecule has 112 valence electrons. The van der Waals surface area contributed by atoms with Gasteiger partial charge in [0.1, 0.15) is 11.4 Å². The Labute approximate surface area is 125 Å². The Hall–Kier alpha value is -1.95. The Morgan fingerprint density at radius 2 is 1.86 bits per heavy atom. The number of rotatable bonds is 2. The van der Waals surface area contributed by atoms with Crippen molar-refractivity contribution in [3.63, 3.8) is 0 Å². The van der Waals surface area contributed by atoms with Crippen LogP contribution in [0.2, 0.25) is 0 Å². The first kappa shape index (κ1) is 14.0. The minimum Gasteiger partial charge on any atom is -0.355 e. The monoisotopic (exact) mass is 286 g/mol. The summed E-state index contributed by atoms with van der Waals surface area (Å²) in [4.78, 5) is 2.29. The minimum atomic E-state index is 0.323. The lowest BCUT2D eigenvalue weighted by molar-refractivity contribution is 0.497. The quantitative estimate of drug-likeness (QED) is 0.904. The second-order valence-electron chi connectivity index (χ2n) is 5.82. The average Bonchev–Trinajstić information content (AvgIpc) is 2.89. The molecule has 0 aromatic carbocycles. The zero-order valence-corrected chi connectivity index (χ0v) is 12.9. The molecule has 3 rings (SSSR count). The number of aromatic nitrogens is 4. The first-order valence-corrected chi connectivity index (χ1v) is 7.40. The van der Waals surface area contributed by atoms with Crippen LogP contribution in [0.15, 0.2) is 12.3 Å². The van der Waals surface area contributed by atoms with E-state index in [-0.39, 0.29) is 0 Å². The fourth-order valence-electron chi connectivity index (χ4n) is 2.79. The van der Waals surface area contributed by atoms with E-state index in [4.69, 9.17) is 5.73 Å². The van der Waals surface area contributed by atoms with E-state index in [1.165, 1.54) is 5.56 Å². The summed E-state index contributed by atoms with van der Waals surface area (Å²) in [6.45, 7) is 6.12. The molecule has 0 radical (unpaired) electrons. The number of hydrogen-bond donors (Lipinski definition) is 1. The van der Waals surface area contributed by atoms with E-state index < -0.39 is 0 Å². The Morgan fingerprint density at radius 3 is 2.48 bits per heavy atom. The van der Waals surface area contributed by atoms with Gasteiger partial charge < -0.3 is 10.6 Å². The van der Waals surface area contributed by atoms with Crippen molar-refractivity contribution >= 4 is 5.82 Å². The predicted octanol–water partition coefficient (Wildman–Crippen LogP) is 1.42. The normalized spacial score (nSPS) is 16.5. The van der Waals surface area contributed by atoms with Crippen molar-refractivity contribution in [1.29, 1.82) is 0 Å². The lowest BCUT2D eigenvalue weighted by atomic mass is 10.0. The van der Waals surface area contributed by atoms with E-state index in [0.29, 0.717) is 6.04 Å². The first-order valence-electron chi connectivity index (χ1n) is 7.40. The topological polar surface area (TPSA) is 72.9 Å². The molecule has 0 atom stereocenters. The van der Waals surface area contributed by atoms with Gasteiger partial charge in [-0.15, -0.1) is 10.2 Å². The fourth-order valence-corrected chi connectivity index (χ4v) is 2.79. The highest BCUT2D eigenvalue weighted by atomic mass is 15.3. The highest BCUT2D eigenvalue weighted by Gasteiger charge is 2.21. The number of nitrogens with zero attached hydrogens (tertiary/aromatic N) is 5. The van der Waals surface area contributed by atoms with E-state index in [1.807, 2.05) is 19.3 Å². The van der Waals surface area contributed by atoms with Crippen LogP contribution in [0.1, 0.15) is 24.0 Å². The predicted molar refractivity (Wildman–Crippen MR) is 83.1 cm³/mol. The van der Waals surface area contributed by atoms with Crippen LogP contribution in [-0.2, 0) is 7.05 Å². The Kier molecular flexibility index (Phi) is 3.63. The molecule has 3 heterocycles. The van der Waals surface area contributed by atoms with Gasteiger partial charge in [-0.2, -0.15) is 5.10 Å². The molecule has 0 amide bonds. The number of nitrogens with two attached hydrogens (primary N) is 1. The molecule has 2 aromatic heterocycles. The largest absolute Gasteiger partial charge is 0.355 e. The zero-order valence-electron chi connectivity index (χ0n) is 12.9. The fraction of sp³-hybridized carbons (Fsp3) is 0.533. The number of anilines is 1. The summed E-state index contributed by atoms with van der Waals surface area (Å²) in [7, 11) is 1.91. The molecule has 0 bridgehead atoms. The minimum absolute atomic E-state index is 0.323. The van der Waals surface area contributed by atoms with Gasteiger partial charge in [-0.1, -0.05) is 0 Å². The summed E-state index contributed by atoms with van der Waals surface area (Å²) in [5.41, 5.74) is 10.0. The average molecular weight is 286 g/mol. The van der Waals surface area contributed by atoms with Crippen molar-refractivity contribution in [3.05, 3.63) is 23.4 Å². The van der Waals surface area contributed by atoms with E-state index in [9.17, 15) is 0 Å². The van der Waals surface area contributed by atoms with Gasteiger partial charge in [-0.25, -0.2) is 0 Å². The Balaban J connectivity index is 1.93. The van der Waals surface area contributed by atoms with Crippen LogP contribution in [0.4, 0.5) is 5.82 Å². The van der Waals surface area contributed by atoms with Crippen LogP contribution < -0.4 is 10.6 Å². The molecular formula is C15H22N6. The van der Waals surface area contributed by atoms with E-state index in [1.54, 1.807) is 4.68 Å². The molecule has 1 aliphatic rings. The number of hydrogen-bond acceptors (Lipinski definition) is 5. The summed E-state index contributed by atoms with van der Waals surface area (Å²) in [5, 5.41) is 13.3.